The number of hydrogen-bond donors (Lipinski definition) is 0. The third kappa shape index (κ3) is 4.82. The molecular weight excluding hydrogens is 138 g/mol. The fraction of sp³-hybridized carbons (Fsp3) is 0.889. The molecule has 0 aromatic rings. The first-order valence-corrected chi connectivity index (χ1v) is 4.28. The molecule has 0 saturated heterocycles. The van der Waals surface area contributed by atoms with E-state index in [9.17, 15) is 4.79 Å². The Morgan fingerprint density at radius 3 is 2.36 bits per heavy atom. The van der Waals surface area contributed by atoms with Crippen LogP contribution < -0.4 is 0 Å². The Morgan fingerprint density at radius 2 is 2.00 bits per heavy atom. The van der Waals surface area contributed by atoms with Gasteiger partial charge in [-0.1, -0.05) is 26.7 Å². The summed E-state index contributed by atoms with van der Waals surface area (Å²) in [6, 6.07) is 0. The minimum Gasteiger partial charge on any atom is -0.349 e. The lowest BCUT2D eigenvalue weighted by Crippen LogP contribution is -2.23. The van der Waals surface area contributed by atoms with Gasteiger partial charge in [-0.05, 0) is 5.92 Å². The van der Waals surface area contributed by atoms with Gasteiger partial charge in [0.1, 0.15) is 0 Å². The van der Waals surface area contributed by atoms with Gasteiger partial charge in [-0.3, -0.25) is 4.79 Å². The van der Waals surface area contributed by atoms with Gasteiger partial charge in [-0.2, -0.15) is 0 Å². The number of rotatable bonds is 4. The Bertz CT molecular complexity index is 121. The molecule has 0 aromatic heterocycles. The SMILES string of the molecule is CCC[C@@H](C)CC(=O)N(C)C. The van der Waals surface area contributed by atoms with E-state index in [1.54, 1.807) is 19.0 Å². The first-order chi connectivity index (χ1) is 5.07. The second kappa shape index (κ2) is 5.16. The summed E-state index contributed by atoms with van der Waals surface area (Å²) in [7, 11) is 3.61. The van der Waals surface area contributed by atoms with E-state index in [1.165, 1.54) is 6.42 Å². The lowest BCUT2D eigenvalue weighted by atomic mass is 10.0. The number of carbonyl (C=O) groups excluding carboxylic acids is 1. The van der Waals surface area contributed by atoms with Crippen LogP contribution in [0.25, 0.3) is 0 Å². The second-order valence-electron chi connectivity index (χ2n) is 3.39. The molecular formula is C9H19NO. The predicted molar refractivity (Wildman–Crippen MR) is 47.4 cm³/mol. The van der Waals surface area contributed by atoms with Crippen LogP contribution in [0.4, 0.5) is 0 Å². The van der Waals surface area contributed by atoms with Crippen LogP contribution in [0.3, 0.4) is 0 Å². The van der Waals surface area contributed by atoms with E-state index in [0.717, 1.165) is 6.42 Å². The molecule has 1 atom stereocenters. The van der Waals surface area contributed by atoms with E-state index in [4.69, 9.17) is 0 Å². The first kappa shape index (κ1) is 10.5. The Balaban J connectivity index is 3.57. The average molecular weight is 157 g/mol. The Hall–Kier alpha value is -0.530. The quantitative estimate of drug-likeness (QED) is 0.610. The van der Waals surface area contributed by atoms with Gasteiger partial charge in [0, 0.05) is 20.5 Å². The molecule has 0 radical (unpaired) electrons. The van der Waals surface area contributed by atoms with E-state index in [2.05, 4.69) is 13.8 Å². The van der Waals surface area contributed by atoms with Gasteiger partial charge in [0.25, 0.3) is 0 Å². The molecule has 0 aromatic carbocycles. The average Bonchev–Trinajstić information content (AvgIpc) is 1.87. The lowest BCUT2D eigenvalue weighted by molar-refractivity contribution is -0.129. The molecule has 0 heterocycles. The van der Waals surface area contributed by atoms with Crippen molar-refractivity contribution in [2.75, 3.05) is 14.1 Å². The summed E-state index contributed by atoms with van der Waals surface area (Å²) in [5.41, 5.74) is 0. The molecule has 0 aliphatic rings. The van der Waals surface area contributed by atoms with E-state index >= 15 is 0 Å². The Morgan fingerprint density at radius 1 is 1.45 bits per heavy atom. The fourth-order valence-electron chi connectivity index (χ4n) is 1.08. The summed E-state index contributed by atoms with van der Waals surface area (Å²) in [6.07, 6.45) is 3.02. The molecule has 0 bridgehead atoms. The van der Waals surface area contributed by atoms with Crippen molar-refractivity contribution in [3.05, 3.63) is 0 Å². The third-order valence-electron chi connectivity index (χ3n) is 1.80. The van der Waals surface area contributed by atoms with Crippen molar-refractivity contribution >= 4 is 5.91 Å². The highest BCUT2D eigenvalue weighted by Gasteiger charge is 2.08. The zero-order chi connectivity index (χ0) is 8.85. The summed E-state index contributed by atoms with van der Waals surface area (Å²) >= 11 is 0. The summed E-state index contributed by atoms with van der Waals surface area (Å²) in [4.78, 5) is 12.8. The molecule has 0 aliphatic carbocycles. The van der Waals surface area contributed by atoms with Gasteiger partial charge in [-0.15, -0.1) is 0 Å². The van der Waals surface area contributed by atoms with Crippen molar-refractivity contribution in [3.8, 4) is 0 Å². The van der Waals surface area contributed by atoms with Gasteiger partial charge in [0.2, 0.25) is 5.91 Å². The molecule has 0 rings (SSSR count). The number of nitrogens with zero attached hydrogens (tertiary/aromatic N) is 1. The van der Waals surface area contributed by atoms with E-state index < -0.39 is 0 Å². The predicted octanol–water partition coefficient (Wildman–Crippen LogP) is 1.90. The van der Waals surface area contributed by atoms with Crippen molar-refractivity contribution in [3.63, 3.8) is 0 Å². The van der Waals surface area contributed by atoms with E-state index in [1.807, 2.05) is 0 Å². The molecule has 0 N–H and O–H groups in total. The van der Waals surface area contributed by atoms with Crippen molar-refractivity contribution in [2.24, 2.45) is 5.92 Å². The highest BCUT2D eigenvalue weighted by molar-refractivity contribution is 5.75. The number of carbonyl (C=O) groups is 1. The van der Waals surface area contributed by atoms with Gasteiger partial charge in [-0.25, -0.2) is 0 Å². The standard InChI is InChI=1S/C9H19NO/c1-5-6-8(2)7-9(11)10(3)4/h8H,5-7H2,1-4H3/t8-/m1/s1. The van der Waals surface area contributed by atoms with Crippen LogP contribution in [0, 0.1) is 5.92 Å². The van der Waals surface area contributed by atoms with E-state index in [-0.39, 0.29) is 5.91 Å². The van der Waals surface area contributed by atoms with E-state index in [0.29, 0.717) is 12.3 Å². The normalized spacial score (nSPS) is 12.7. The van der Waals surface area contributed by atoms with Crippen LogP contribution in [-0.2, 0) is 4.79 Å². The Kier molecular flexibility index (Phi) is 4.92. The van der Waals surface area contributed by atoms with Crippen molar-refractivity contribution < 1.29 is 4.79 Å². The number of amides is 1. The monoisotopic (exact) mass is 157 g/mol. The molecule has 1 amide bonds. The minimum atomic E-state index is 0.242. The molecule has 0 saturated carbocycles. The molecule has 11 heavy (non-hydrogen) atoms. The van der Waals surface area contributed by atoms with Crippen molar-refractivity contribution in [1.29, 1.82) is 0 Å². The van der Waals surface area contributed by atoms with Gasteiger partial charge in [0.15, 0.2) is 0 Å². The molecule has 2 nitrogen and oxygen atoms in total. The summed E-state index contributed by atoms with van der Waals surface area (Å²) in [5.74, 6) is 0.779. The maximum atomic E-state index is 11.2. The molecule has 66 valence electrons. The molecule has 2 heteroatoms. The molecule has 0 aliphatic heterocycles. The van der Waals surface area contributed by atoms with Gasteiger partial charge < -0.3 is 4.90 Å². The largest absolute Gasteiger partial charge is 0.349 e. The molecule has 0 fully saturated rings. The molecule has 0 spiro atoms. The van der Waals surface area contributed by atoms with Crippen LogP contribution in [-0.4, -0.2) is 24.9 Å². The topological polar surface area (TPSA) is 20.3 Å². The first-order valence-electron chi connectivity index (χ1n) is 4.28. The smallest absolute Gasteiger partial charge is 0.222 e. The van der Waals surface area contributed by atoms with Crippen LogP contribution in [0.2, 0.25) is 0 Å². The minimum absolute atomic E-state index is 0.242. The van der Waals surface area contributed by atoms with Crippen LogP contribution in [0.5, 0.6) is 0 Å². The highest BCUT2D eigenvalue weighted by Crippen LogP contribution is 2.10. The van der Waals surface area contributed by atoms with Crippen LogP contribution >= 0.6 is 0 Å². The molecule has 0 unspecified atom stereocenters. The van der Waals surface area contributed by atoms with Crippen LogP contribution in [0.15, 0.2) is 0 Å². The van der Waals surface area contributed by atoms with Gasteiger partial charge >= 0.3 is 0 Å². The van der Waals surface area contributed by atoms with Crippen molar-refractivity contribution in [1.82, 2.24) is 4.90 Å². The Labute approximate surface area is 69.6 Å². The fourth-order valence-corrected chi connectivity index (χ4v) is 1.08. The van der Waals surface area contributed by atoms with Crippen LogP contribution in [0.1, 0.15) is 33.1 Å². The summed E-state index contributed by atoms with van der Waals surface area (Å²) in [6.45, 7) is 4.28. The maximum Gasteiger partial charge on any atom is 0.222 e. The second-order valence-corrected chi connectivity index (χ2v) is 3.39. The summed E-state index contributed by atoms with van der Waals surface area (Å²) < 4.78 is 0. The lowest BCUT2D eigenvalue weighted by Gasteiger charge is -2.13. The number of hydrogen-bond acceptors (Lipinski definition) is 1. The highest BCUT2D eigenvalue weighted by atomic mass is 16.2. The third-order valence-corrected chi connectivity index (χ3v) is 1.80. The maximum absolute atomic E-state index is 11.2. The summed E-state index contributed by atoms with van der Waals surface area (Å²) in [5, 5.41) is 0. The zero-order valence-electron chi connectivity index (χ0n) is 8.05. The van der Waals surface area contributed by atoms with Gasteiger partial charge in [0.05, 0.1) is 0 Å². The van der Waals surface area contributed by atoms with Crippen molar-refractivity contribution in [2.45, 2.75) is 33.1 Å². The zero-order valence-corrected chi connectivity index (χ0v) is 8.05.